The van der Waals surface area contributed by atoms with Crippen molar-refractivity contribution in [3.05, 3.63) is 88.4 Å². The largest absolute Gasteiger partial charge is 0.416 e. The Morgan fingerprint density at radius 1 is 1.03 bits per heavy atom. The average molecular weight is 497 g/mol. The molecule has 3 aromatic carbocycles. The number of hydrogen-bond acceptors (Lipinski definition) is 4. The van der Waals surface area contributed by atoms with Crippen molar-refractivity contribution in [3.63, 3.8) is 0 Å². The van der Waals surface area contributed by atoms with Crippen molar-refractivity contribution in [2.75, 3.05) is 0 Å². The molecule has 0 aromatic heterocycles. The Balaban J connectivity index is 1.92. The normalized spacial score (nSPS) is 12.2. The highest BCUT2D eigenvalue weighted by Gasteiger charge is 2.32. The van der Waals surface area contributed by atoms with Crippen molar-refractivity contribution in [2.45, 2.75) is 17.5 Å². The molecule has 0 spiro atoms. The third-order valence-corrected chi connectivity index (χ3v) is 5.63. The number of alkyl halides is 3. The Kier molecular flexibility index (Phi) is 7.21. The van der Waals surface area contributed by atoms with Crippen molar-refractivity contribution in [2.24, 2.45) is 5.10 Å². The number of carbonyl (C=O) groups is 1. The summed E-state index contributed by atoms with van der Waals surface area (Å²) in [6, 6.07) is 14.4. The van der Waals surface area contributed by atoms with Crippen molar-refractivity contribution < 1.29 is 30.9 Å². The molecule has 0 radical (unpaired) electrons. The van der Waals surface area contributed by atoms with Gasteiger partial charge in [0.1, 0.15) is 4.90 Å². The van der Waals surface area contributed by atoms with E-state index in [9.17, 15) is 30.9 Å². The van der Waals surface area contributed by atoms with E-state index in [0.717, 1.165) is 0 Å². The molecule has 0 aliphatic heterocycles. The van der Waals surface area contributed by atoms with E-state index in [-0.39, 0.29) is 23.1 Å². The van der Waals surface area contributed by atoms with Crippen LogP contribution in [0.2, 0.25) is 5.02 Å². The van der Waals surface area contributed by atoms with Gasteiger partial charge in [0.25, 0.3) is 10.1 Å². The molecule has 0 fully saturated rings. The molecule has 0 aliphatic rings. The fourth-order valence-electron chi connectivity index (χ4n) is 3.04. The zero-order valence-electron chi connectivity index (χ0n) is 16.7. The molecule has 0 saturated carbocycles. The maximum absolute atomic E-state index is 13.2. The first-order chi connectivity index (χ1) is 15.4. The molecule has 11 heteroatoms. The standard InChI is InChI=1S/C22H16ClF3N2O4S/c23-17-6-3-4-14(10-17)11-21(29)28-27-13-15-5-1-2-7-18(15)19-12-16(22(24,25)26)8-9-20(19)33(30,31)32/h1-10,12-13H,11H2,(H,28,29)(H,30,31,32). The minimum Gasteiger partial charge on any atom is -0.282 e. The summed E-state index contributed by atoms with van der Waals surface area (Å²) in [6.07, 6.45) is -3.58. The van der Waals surface area contributed by atoms with E-state index in [4.69, 9.17) is 11.6 Å². The van der Waals surface area contributed by atoms with Crippen LogP contribution in [0.4, 0.5) is 13.2 Å². The lowest BCUT2D eigenvalue weighted by Crippen LogP contribution is -2.19. The predicted molar refractivity (Wildman–Crippen MR) is 118 cm³/mol. The molecule has 1 amide bonds. The zero-order valence-corrected chi connectivity index (χ0v) is 18.2. The van der Waals surface area contributed by atoms with Gasteiger partial charge in [-0.1, -0.05) is 48.0 Å². The number of rotatable bonds is 6. The first-order valence-corrected chi connectivity index (χ1v) is 11.1. The molecule has 3 rings (SSSR count). The van der Waals surface area contributed by atoms with Crippen LogP contribution in [-0.2, 0) is 27.5 Å². The number of nitrogens with zero attached hydrogens (tertiary/aromatic N) is 1. The van der Waals surface area contributed by atoms with Crippen LogP contribution in [0.5, 0.6) is 0 Å². The van der Waals surface area contributed by atoms with Gasteiger partial charge in [0.2, 0.25) is 5.91 Å². The number of hydrogen-bond donors (Lipinski definition) is 2. The van der Waals surface area contributed by atoms with Gasteiger partial charge in [-0.3, -0.25) is 9.35 Å². The maximum Gasteiger partial charge on any atom is 0.416 e. The van der Waals surface area contributed by atoms with Crippen LogP contribution in [0, 0.1) is 0 Å². The number of carbonyl (C=O) groups excluding carboxylic acids is 1. The maximum atomic E-state index is 13.2. The molecule has 0 unspecified atom stereocenters. The van der Waals surface area contributed by atoms with E-state index in [1.165, 1.54) is 24.4 Å². The lowest BCUT2D eigenvalue weighted by Gasteiger charge is -2.14. The third-order valence-electron chi connectivity index (χ3n) is 4.48. The smallest absolute Gasteiger partial charge is 0.282 e. The molecule has 0 bridgehead atoms. The molecule has 172 valence electrons. The molecule has 0 saturated heterocycles. The van der Waals surface area contributed by atoms with E-state index in [1.807, 2.05) is 0 Å². The Bertz CT molecular complexity index is 1330. The summed E-state index contributed by atoms with van der Waals surface area (Å²) in [5, 5.41) is 4.28. The second kappa shape index (κ2) is 9.74. The second-order valence-electron chi connectivity index (χ2n) is 6.87. The highest BCUT2D eigenvalue weighted by Crippen LogP contribution is 2.36. The number of hydrazone groups is 1. The molecule has 3 aromatic rings. The molecule has 2 N–H and O–H groups in total. The fourth-order valence-corrected chi connectivity index (χ4v) is 3.94. The van der Waals surface area contributed by atoms with Gasteiger partial charge >= 0.3 is 6.18 Å². The van der Waals surface area contributed by atoms with Crippen molar-refractivity contribution in [1.82, 2.24) is 5.43 Å². The summed E-state index contributed by atoms with van der Waals surface area (Å²) in [6.45, 7) is 0. The first kappa shape index (κ1) is 24.4. The Hall–Kier alpha value is -3.21. The van der Waals surface area contributed by atoms with Gasteiger partial charge in [0, 0.05) is 16.1 Å². The van der Waals surface area contributed by atoms with Crippen LogP contribution in [0.15, 0.2) is 76.7 Å². The summed E-state index contributed by atoms with van der Waals surface area (Å²) in [5.74, 6) is -0.469. The van der Waals surface area contributed by atoms with Gasteiger partial charge in [-0.2, -0.15) is 26.7 Å². The lowest BCUT2D eigenvalue weighted by molar-refractivity contribution is -0.137. The van der Waals surface area contributed by atoms with E-state index in [0.29, 0.717) is 28.8 Å². The fraction of sp³-hybridized carbons (Fsp3) is 0.0909. The van der Waals surface area contributed by atoms with Gasteiger partial charge in [0.15, 0.2) is 0 Å². The van der Waals surface area contributed by atoms with Crippen LogP contribution >= 0.6 is 11.6 Å². The number of benzene rings is 3. The van der Waals surface area contributed by atoms with E-state index >= 15 is 0 Å². The number of amides is 1. The van der Waals surface area contributed by atoms with Crippen molar-refractivity contribution in [1.29, 1.82) is 0 Å². The first-order valence-electron chi connectivity index (χ1n) is 9.29. The minimum atomic E-state index is -4.83. The molecular formula is C22H16ClF3N2O4S. The average Bonchev–Trinajstić information content (AvgIpc) is 2.72. The van der Waals surface area contributed by atoms with Crippen LogP contribution in [0.1, 0.15) is 16.7 Å². The summed E-state index contributed by atoms with van der Waals surface area (Å²) >= 11 is 5.88. The van der Waals surface area contributed by atoms with Gasteiger partial charge < -0.3 is 0 Å². The predicted octanol–water partition coefficient (Wildman–Crippen LogP) is 4.97. The number of nitrogens with one attached hydrogen (secondary N) is 1. The highest BCUT2D eigenvalue weighted by molar-refractivity contribution is 7.86. The highest BCUT2D eigenvalue weighted by atomic mass is 35.5. The van der Waals surface area contributed by atoms with E-state index in [2.05, 4.69) is 10.5 Å². The SMILES string of the molecule is O=C(Cc1cccc(Cl)c1)NN=Cc1ccccc1-c1cc(C(F)(F)F)ccc1S(=O)(=O)O. The Morgan fingerprint density at radius 2 is 1.76 bits per heavy atom. The van der Waals surface area contributed by atoms with Crippen LogP contribution in [0.25, 0.3) is 11.1 Å². The lowest BCUT2D eigenvalue weighted by atomic mass is 9.98. The zero-order chi connectivity index (χ0) is 24.2. The summed E-state index contributed by atoms with van der Waals surface area (Å²) in [4.78, 5) is 11.4. The summed E-state index contributed by atoms with van der Waals surface area (Å²) < 4.78 is 72.7. The second-order valence-corrected chi connectivity index (χ2v) is 8.70. The van der Waals surface area contributed by atoms with E-state index in [1.54, 1.807) is 30.3 Å². The number of halogens is 4. The Morgan fingerprint density at radius 3 is 2.42 bits per heavy atom. The van der Waals surface area contributed by atoms with Gasteiger partial charge in [-0.05, 0) is 41.5 Å². The Labute approximate surface area is 192 Å². The van der Waals surface area contributed by atoms with Crippen LogP contribution in [0.3, 0.4) is 0 Å². The molecule has 0 heterocycles. The quantitative estimate of drug-likeness (QED) is 0.286. The molecule has 33 heavy (non-hydrogen) atoms. The topological polar surface area (TPSA) is 95.8 Å². The van der Waals surface area contributed by atoms with Gasteiger partial charge in [0.05, 0.1) is 18.2 Å². The molecule has 0 atom stereocenters. The minimum absolute atomic E-state index is 0.0138. The molecule has 6 nitrogen and oxygen atoms in total. The molecule has 0 aliphatic carbocycles. The van der Waals surface area contributed by atoms with E-state index < -0.39 is 32.7 Å². The van der Waals surface area contributed by atoms with Crippen LogP contribution in [-0.4, -0.2) is 25.1 Å². The summed E-state index contributed by atoms with van der Waals surface area (Å²) in [5.41, 5.74) is 1.77. The van der Waals surface area contributed by atoms with Crippen molar-refractivity contribution in [3.8, 4) is 11.1 Å². The summed E-state index contributed by atoms with van der Waals surface area (Å²) in [7, 11) is -4.83. The monoisotopic (exact) mass is 496 g/mol. The van der Waals surface area contributed by atoms with Crippen LogP contribution < -0.4 is 5.43 Å². The van der Waals surface area contributed by atoms with Gasteiger partial charge in [-0.25, -0.2) is 5.43 Å². The molecular weight excluding hydrogens is 481 g/mol. The third kappa shape index (κ3) is 6.41. The van der Waals surface area contributed by atoms with Crippen molar-refractivity contribution >= 4 is 33.8 Å². The van der Waals surface area contributed by atoms with Gasteiger partial charge in [-0.15, -0.1) is 0 Å².